The van der Waals surface area contributed by atoms with E-state index in [4.69, 9.17) is 13.8 Å². The fourth-order valence-electron chi connectivity index (χ4n) is 9.44. The highest BCUT2D eigenvalue weighted by Gasteiger charge is 2.27. The standard InChI is InChI=1S/C64H123N2O7P/c1-7-10-13-16-19-22-25-28-30-31-32-33-34-35-36-39-42-45-48-51-54-57-64(68)73-62(55-52-49-46-43-40-37-27-24-21-18-15-12-9-3)61(60-72-74(69,70)71-59-58-66(4,5)6)65-63(67)56-53-50-47-44-41-38-29-26-23-20-17-14-11-8-2/h11,14,20,23,52,55,61-62H,7-10,12-13,15-19,21-22,24-51,53-54,56-60H2,1-6H3,(H-,65,67,69,70)/b14-11+,23-20+,55-52-. The maximum Gasteiger partial charge on any atom is 0.306 e. The molecule has 1 N–H and O–H groups in total. The zero-order valence-corrected chi connectivity index (χ0v) is 50.7. The number of unbranched alkanes of at least 4 members (excludes halogenated alkanes) is 38. The Balaban J connectivity index is 5.19. The van der Waals surface area contributed by atoms with Crippen LogP contribution in [0.3, 0.4) is 0 Å². The van der Waals surface area contributed by atoms with Crippen LogP contribution in [0, 0.1) is 0 Å². The lowest BCUT2D eigenvalue weighted by atomic mass is 10.0. The normalized spacial score (nSPS) is 13.9. The van der Waals surface area contributed by atoms with Crippen molar-refractivity contribution in [3.05, 3.63) is 36.5 Å². The number of nitrogens with zero attached hydrogens (tertiary/aromatic N) is 1. The van der Waals surface area contributed by atoms with E-state index in [2.05, 4.69) is 50.4 Å². The Kier molecular flexibility index (Phi) is 53.3. The number of esters is 1. The molecule has 74 heavy (non-hydrogen) atoms. The third-order valence-electron chi connectivity index (χ3n) is 14.3. The second kappa shape index (κ2) is 54.6. The second-order valence-corrected chi connectivity index (χ2v) is 24.3. The molecule has 436 valence electrons. The van der Waals surface area contributed by atoms with Crippen molar-refractivity contribution < 1.29 is 37.3 Å². The average molecular weight is 1060 g/mol. The van der Waals surface area contributed by atoms with Gasteiger partial charge in [-0.25, -0.2) is 0 Å². The van der Waals surface area contributed by atoms with E-state index in [9.17, 15) is 19.0 Å². The zero-order valence-electron chi connectivity index (χ0n) is 49.8. The molecule has 1 amide bonds. The maximum atomic E-state index is 13.5. The minimum atomic E-state index is -4.70. The van der Waals surface area contributed by atoms with Gasteiger partial charge < -0.3 is 28.5 Å². The lowest BCUT2D eigenvalue weighted by Gasteiger charge is -2.30. The molecule has 0 aliphatic heterocycles. The number of hydrogen-bond donors (Lipinski definition) is 1. The highest BCUT2D eigenvalue weighted by atomic mass is 31.2. The highest BCUT2D eigenvalue weighted by Crippen LogP contribution is 2.38. The molecule has 0 saturated carbocycles. The summed E-state index contributed by atoms with van der Waals surface area (Å²) in [6.07, 6.45) is 65.4. The fourth-order valence-corrected chi connectivity index (χ4v) is 10.2. The number of allylic oxidation sites excluding steroid dienone is 5. The molecule has 0 aromatic heterocycles. The number of amides is 1. The highest BCUT2D eigenvalue weighted by molar-refractivity contribution is 7.45. The van der Waals surface area contributed by atoms with Crippen molar-refractivity contribution in [1.82, 2.24) is 5.32 Å². The predicted octanol–water partition coefficient (Wildman–Crippen LogP) is 18.9. The van der Waals surface area contributed by atoms with Crippen LogP contribution < -0.4 is 10.2 Å². The molecule has 0 fully saturated rings. The number of phosphoric acid groups is 1. The van der Waals surface area contributed by atoms with Gasteiger partial charge in [0.15, 0.2) is 0 Å². The predicted molar refractivity (Wildman–Crippen MR) is 316 cm³/mol. The number of hydrogen-bond acceptors (Lipinski definition) is 7. The number of ether oxygens (including phenoxy) is 1. The summed E-state index contributed by atoms with van der Waals surface area (Å²) in [4.78, 5) is 40.0. The molecule has 0 saturated heterocycles. The Labute approximate surface area is 459 Å². The van der Waals surface area contributed by atoms with E-state index in [1.807, 2.05) is 33.3 Å². The summed E-state index contributed by atoms with van der Waals surface area (Å²) < 4.78 is 30.3. The van der Waals surface area contributed by atoms with Crippen LogP contribution in [0.2, 0.25) is 0 Å². The van der Waals surface area contributed by atoms with Crippen LogP contribution in [-0.4, -0.2) is 69.4 Å². The Bertz CT molecular complexity index is 1360. The molecule has 0 heterocycles. The van der Waals surface area contributed by atoms with Crippen molar-refractivity contribution in [2.24, 2.45) is 0 Å². The summed E-state index contributed by atoms with van der Waals surface area (Å²) in [6.45, 7) is 6.77. The Morgan fingerprint density at radius 3 is 1.28 bits per heavy atom. The fraction of sp³-hybridized carbons (Fsp3) is 0.875. The minimum Gasteiger partial charge on any atom is -0.756 e. The minimum absolute atomic E-state index is 0.0217. The number of phosphoric ester groups is 1. The third kappa shape index (κ3) is 55.0. The SMILES string of the molecule is CC/C=C/C/C=C/CCCCCCCCCC(=O)NC(COP(=O)([O-])OCC[N+](C)(C)C)C(/C=C\CCCCCCCCCCCCC)OC(=O)CCCCCCCCCCCCCCCCCCCCCCC. The van der Waals surface area contributed by atoms with Gasteiger partial charge in [0.05, 0.1) is 33.8 Å². The van der Waals surface area contributed by atoms with Gasteiger partial charge in [-0.3, -0.25) is 14.2 Å². The first-order chi connectivity index (χ1) is 35.9. The molecule has 0 aromatic carbocycles. The Morgan fingerprint density at radius 2 is 0.865 bits per heavy atom. The van der Waals surface area contributed by atoms with E-state index in [1.54, 1.807) is 0 Å². The van der Waals surface area contributed by atoms with Gasteiger partial charge in [0.2, 0.25) is 5.91 Å². The van der Waals surface area contributed by atoms with Crippen molar-refractivity contribution in [3.63, 3.8) is 0 Å². The van der Waals surface area contributed by atoms with Crippen molar-refractivity contribution in [2.45, 2.75) is 322 Å². The molecule has 10 heteroatoms. The maximum absolute atomic E-state index is 13.5. The van der Waals surface area contributed by atoms with Crippen LogP contribution in [0.5, 0.6) is 0 Å². The van der Waals surface area contributed by atoms with Gasteiger partial charge >= 0.3 is 5.97 Å². The van der Waals surface area contributed by atoms with Crippen molar-refractivity contribution in [3.8, 4) is 0 Å². The zero-order chi connectivity index (χ0) is 54.3. The Hall–Kier alpha value is -1.77. The smallest absolute Gasteiger partial charge is 0.306 e. The van der Waals surface area contributed by atoms with Crippen LogP contribution >= 0.6 is 7.82 Å². The first kappa shape index (κ1) is 72.2. The van der Waals surface area contributed by atoms with Crippen LogP contribution in [0.1, 0.15) is 310 Å². The average Bonchev–Trinajstić information content (AvgIpc) is 3.36. The molecule has 0 aliphatic rings. The molecule has 0 spiro atoms. The van der Waals surface area contributed by atoms with Gasteiger partial charge in [-0.1, -0.05) is 276 Å². The van der Waals surface area contributed by atoms with Crippen LogP contribution in [0.25, 0.3) is 0 Å². The van der Waals surface area contributed by atoms with Gasteiger partial charge in [-0.05, 0) is 57.4 Å². The number of carbonyl (C=O) groups is 2. The summed E-state index contributed by atoms with van der Waals surface area (Å²) in [5, 5.41) is 3.03. The molecule has 3 unspecified atom stereocenters. The van der Waals surface area contributed by atoms with Gasteiger partial charge in [0, 0.05) is 12.8 Å². The van der Waals surface area contributed by atoms with Crippen molar-refractivity contribution >= 4 is 19.7 Å². The van der Waals surface area contributed by atoms with Gasteiger partial charge in [0.25, 0.3) is 7.82 Å². The number of likely N-dealkylation sites (N-methyl/N-ethyl adjacent to an activating group) is 1. The van der Waals surface area contributed by atoms with E-state index in [0.717, 1.165) is 83.5 Å². The van der Waals surface area contributed by atoms with E-state index < -0.39 is 20.0 Å². The molecular formula is C64H123N2O7P. The monoisotopic (exact) mass is 1060 g/mol. The first-order valence-corrected chi connectivity index (χ1v) is 33.3. The van der Waals surface area contributed by atoms with Gasteiger partial charge in [0.1, 0.15) is 19.3 Å². The molecule has 0 radical (unpaired) electrons. The summed E-state index contributed by atoms with van der Waals surface area (Å²) in [5.74, 6) is -0.536. The van der Waals surface area contributed by atoms with E-state index in [0.29, 0.717) is 17.4 Å². The summed E-state index contributed by atoms with van der Waals surface area (Å²) in [6, 6.07) is -0.888. The summed E-state index contributed by atoms with van der Waals surface area (Å²) in [7, 11) is 1.19. The quantitative estimate of drug-likeness (QED) is 0.0212. The molecule has 0 rings (SSSR count). The second-order valence-electron chi connectivity index (χ2n) is 22.9. The number of quaternary nitrogens is 1. The topological polar surface area (TPSA) is 114 Å². The van der Waals surface area contributed by atoms with E-state index in [-0.39, 0.29) is 31.5 Å². The van der Waals surface area contributed by atoms with Crippen molar-refractivity contribution in [2.75, 3.05) is 40.9 Å². The van der Waals surface area contributed by atoms with Crippen molar-refractivity contribution in [1.29, 1.82) is 0 Å². The molecule has 9 nitrogen and oxygen atoms in total. The van der Waals surface area contributed by atoms with Crippen LogP contribution in [0.4, 0.5) is 0 Å². The number of nitrogens with one attached hydrogen (secondary N) is 1. The molecule has 3 atom stereocenters. The third-order valence-corrected chi connectivity index (χ3v) is 15.3. The lowest BCUT2D eigenvalue weighted by Crippen LogP contribution is -2.47. The molecule has 0 aromatic rings. The van der Waals surface area contributed by atoms with Gasteiger partial charge in [-0.2, -0.15) is 0 Å². The summed E-state index contributed by atoms with van der Waals surface area (Å²) in [5.41, 5.74) is 0. The van der Waals surface area contributed by atoms with Crippen LogP contribution in [0.15, 0.2) is 36.5 Å². The Morgan fingerprint density at radius 1 is 0.486 bits per heavy atom. The lowest BCUT2D eigenvalue weighted by molar-refractivity contribution is -0.870. The molecule has 0 aliphatic carbocycles. The largest absolute Gasteiger partial charge is 0.756 e. The number of carbonyl (C=O) groups excluding carboxylic acids is 2. The van der Waals surface area contributed by atoms with Crippen LogP contribution in [-0.2, 0) is 27.9 Å². The summed E-state index contributed by atoms with van der Waals surface area (Å²) >= 11 is 0. The first-order valence-electron chi connectivity index (χ1n) is 31.8. The van der Waals surface area contributed by atoms with E-state index in [1.165, 1.54) is 193 Å². The number of rotatable bonds is 58. The molecular weight excluding hydrogens is 940 g/mol. The van der Waals surface area contributed by atoms with Gasteiger partial charge in [-0.15, -0.1) is 0 Å². The van der Waals surface area contributed by atoms with E-state index >= 15 is 0 Å². The molecule has 0 bridgehead atoms.